The van der Waals surface area contributed by atoms with Crippen molar-refractivity contribution in [3.63, 3.8) is 0 Å². The quantitative estimate of drug-likeness (QED) is 0.756. The molecule has 0 bridgehead atoms. The number of hydrogen-bond donors (Lipinski definition) is 2. The SMILES string of the molecule is CC(C)N1CCC(CNS(=O)(=O)CC2CCNCC2)C1. The molecule has 2 saturated heterocycles. The minimum absolute atomic E-state index is 0.301. The summed E-state index contributed by atoms with van der Waals surface area (Å²) in [5.74, 6) is 1.10. The second-order valence-corrected chi connectivity index (χ2v) is 8.42. The fourth-order valence-electron chi connectivity index (χ4n) is 3.16. The standard InChI is InChI=1S/C14H29N3O2S/c1-12(2)17-8-5-14(10-17)9-16-20(18,19)11-13-3-6-15-7-4-13/h12-16H,3-11H2,1-2H3. The molecule has 2 fully saturated rings. The van der Waals surface area contributed by atoms with E-state index >= 15 is 0 Å². The van der Waals surface area contributed by atoms with Crippen molar-refractivity contribution >= 4 is 10.0 Å². The van der Waals surface area contributed by atoms with E-state index in [-0.39, 0.29) is 0 Å². The van der Waals surface area contributed by atoms with Crippen molar-refractivity contribution in [2.24, 2.45) is 11.8 Å². The zero-order valence-electron chi connectivity index (χ0n) is 12.8. The maximum Gasteiger partial charge on any atom is 0.211 e. The molecule has 1 atom stereocenters. The number of hydrogen-bond acceptors (Lipinski definition) is 4. The van der Waals surface area contributed by atoms with Gasteiger partial charge in [0.1, 0.15) is 0 Å². The van der Waals surface area contributed by atoms with E-state index in [1.165, 1.54) is 0 Å². The lowest BCUT2D eigenvalue weighted by molar-refractivity contribution is 0.265. The summed E-state index contributed by atoms with van der Waals surface area (Å²) in [6.45, 7) is 9.02. The molecule has 0 aromatic heterocycles. The number of sulfonamides is 1. The zero-order valence-corrected chi connectivity index (χ0v) is 13.6. The summed E-state index contributed by atoms with van der Waals surface area (Å²) in [6.07, 6.45) is 3.06. The molecule has 6 heteroatoms. The van der Waals surface area contributed by atoms with Crippen molar-refractivity contribution in [2.75, 3.05) is 38.5 Å². The van der Waals surface area contributed by atoms with E-state index in [0.29, 0.717) is 30.2 Å². The number of piperidine rings is 1. The lowest BCUT2D eigenvalue weighted by atomic mass is 10.0. The minimum atomic E-state index is -3.10. The van der Waals surface area contributed by atoms with Crippen LogP contribution in [0.1, 0.15) is 33.1 Å². The number of rotatable bonds is 6. The molecule has 2 N–H and O–H groups in total. The molecule has 2 rings (SSSR count). The summed E-state index contributed by atoms with van der Waals surface area (Å²) in [6, 6.07) is 0.561. The molecule has 0 radical (unpaired) electrons. The van der Waals surface area contributed by atoms with E-state index in [1.807, 2.05) is 0 Å². The summed E-state index contributed by atoms with van der Waals surface area (Å²) < 4.78 is 27.1. The lowest BCUT2D eigenvalue weighted by Crippen LogP contribution is -2.38. The van der Waals surface area contributed by atoms with E-state index in [0.717, 1.165) is 45.4 Å². The van der Waals surface area contributed by atoms with Crippen LogP contribution < -0.4 is 10.0 Å². The summed E-state index contributed by atoms with van der Waals surface area (Å²) in [5, 5.41) is 3.27. The lowest BCUT2D eigenvalue weighted by Gasteiger charge is -2.23. The molecule has 1 unspecified atom stereocenters. The number of nitrogens with zero attached hydrogens (tertiary/aromatic N) is 1. The van der Waals surface area contributed by atoms with E-state index < -0.39 is 10.0 Å². The van der Waals surface area contributed by atoms with Gasteiger partial charge in [-0.25, -0.2) is 13.1 Å². The molecule has 0 spiro atoms. The molecule has 0 aromatic carbocycles. The normalized spacial score (nSPS) is 26.4. The van der Waals surface area contributed by atoms with Crippen LogP contribution in [0.2, 0.25) is 0 Å². The van der Waals surface area contributed by atoms with Gasteiger partial charge in [0.25, 0.3) is 0 Å². The van der Waals surface area contributed by atoms with Crippen LogP contribution in [-0.2, 0) is 10.0 Å². The highest BCUT2D eigenvalue weighted by Gasteiger charge is 2.26. The van der Waals surface area contributed by atoms with Crippen molar-refractivity contribution in [2.45, 2.75) is 39.2 Å². The average Bonchev–Trinajstić information content (AvgIpc) is 2.86. The smallest absolute Gasteiger partial charge is 0.211 e. The van der Waals surface area contributed by atoms with Crippen LogP contribution in [0.15, 0.2) is 0 Å². The van der Waals surface area contributed by atoms with Crippen molar-refractivity contribution in [1.29, 1.82) is 0 Å². The highest BCUT2D eigenvalue weighted by molar-refractivity contribution is 7.89. The molecule has 2 aliphatic rings. The van der Waals surface area contributed by atoms with Crippen LogP contribution >= 0.6 is 0 Å². The predicted octanol–water partition coefficient (Wildman–Crippen LogP) is 0.636. The first-order valence-corrected chi connectivity index (χ1v) is 9.53. The average molecular weight is 303 g/mol. The van der Waals surface area contributed by atoms with Crippen molar-refractivity contribution in [1.82, 2.24) is 14.9 Å². The van der Waals surface area contributed by atoms with Gasteiger partial charge in [0.05, 0.1) is 5.75 Å². The Morgan fingerprint density at radius 3 is 2.50 bits per heavy atom. The van der Waals surface area contributed by atoms with Gasteiger partial charge in [-0.2, -0.15) is 0 Å². The molecule has 2 aliphatic heterocycles. The summed E-state index contributed by atoms with van der Waals surface area (Å²) in [5.41, 5.74) is 0. The Bertz CT molecular complexity index is 391. The van der Waals surface area contributed by atoms with E-state index in [9.17, 15) is 8.42 Å². The first-order chi connectivity index (χ1) is 9.46. The molecule has 0 saturated carbocycles. The van der Waals surface area contributed by atoms with Gasteiger partial charge < -0.3 is 10.2 Å². The largest absolute Gasteiger partial charge is 0.317 e. The molecule has 0 amide bonds. The van der Waals surface area contributed by atoms with Gasteiger partial charge in [-0.05, 0) is 64.6 Å². The summed E-state index contributed by atoms with van der Waals surface area (Å²) in [7, 11) is -3.10. The molecular formula is C14H29N3O2S. The second-order valence-electron chi connectivity index (χ2n) is 6.57. The van der Waals surface area contributed by atoms with E-state index in [1.54, 1.807) is 0 Å². The predicted molar refractivity (Wildman–Crippen MR) is 82.2 cm³/mol. The molecular weight excluding hydrogens is 274 g/mol. The van der Waals surface area contributed by atoms with Gasteiger partial charge in [-0.15, -0.1) is 0 Å². The minimum Gasteiger partial charge on any atom is -0.317 e. The number of nitrogens with one attached hydrogen (secondary N) is 2. The van der Waals surface area contributed by atoms with Crippen LogP contribution in [0.5, 0.6) is 0 Å². The maximum absolute atomic E-state index is 12.1. The summed E-state index contributed by atoms with van der Waals surface area (Å²) >= 11 is 0. The topological polar surface area (TPSA) is 61.4 Å². The first-order valence-electron chi connectivity index (χ1n) is 7.88. The van der Waals surface area contributed by atoms with Gasteiger partial charge in [0.2, 0.25) is 10.0 Å². The summed E-state index contributed by atoms with van der Waals surface area (Å²) in [4.78, 5) is 2.42. The third-order valence-corrected chi connectivity index (χ3v) is 6.07. The maximum atomic E-state index is 12.1. The Labute approximate surface area is 123 Å². The Hall–Kier alpha value is -0.170. The van der Waals surface area contributed by atoms with Crippen LogP contribution in [0.3, 0.4) is 0 Å². The third-order valence-electron chi connectivity index (χ3n) is 4.55. The highest BCUT2D eigenvalue weighted by atomic mass is 32.2. The fourth-order valence-corrected chi connectivity index (χ4v) is 4.72. The highest BCUT2D eigenvalue weighted by Crippen LogP contribution is 2.18. The van der Waals surface area contributed by atoms with Crippen molar-refractivity contribution in [3.05, 3.63) is 0 Å². The molecule has 118 valence electrons. The monoisotopic (exact) mass is 303 g/mol. The molecule has 0 aliphatic carbocycles. The Morgan fingerprint density at radius 2 is 1.90 bits per heavy atom. The van der Waals surface area contributed by atoms with Crippen LogP contribution in [-0.4, -0.2) is 57.8 Å². The Kier molecular flexibility index (Phi) is 5.84. The van der Waals surface area contributed by atoms with Gasteiger partial charge in [0, 0.05) is 19.1 Å². The third kappa shape index (κ3) is 4.98. The molecule has 20 heavy (non-hydrogen) atoms. The Morgan fingerprint density at radius 1 is 1.20 bits per heavy atom. The van der Waals surface area contributed by atoms with Gasteiger partial charge in [-0.1, -0.05) is 0 Å². The van der Waals surface area contributed by atoms with Crippen molar-refractivity contribution < 1.29 is 8.42 Å². The van der Waals surface area contributed by atoms with Gasteiger partial charge in [-0.3, -0.25) is 0 Å². The zero-order chi connectivity index (χ0) is 14.6. The molecule has 5 nitrogen and oxygen atoms in total. The van der Waals surface area contributed by atoms with Crippen LogP contribution in [0, 0.1) is 11.8 Å². The molecule has 0 aromatic rings. The second kappa shape index (κ2) is 7.20. The van der Waals surface area contributed by atoms with Crippen molar-refractivity contribution in [3.8, 4) is 0 Å². The van der Waals surface area contributed by atoms with Gasteiger partial charge >= 0.3 is 0 Å². The van der Waals surface area contributed by atoms with Crippen LogP contribution in [0.4, 0.5) is 0 Å². The Balaban J connectivity index is 1.72. The first kappa shape index (κ1) is 16.2. The van der Waals surface area contributed by atoms with E-state index in [2.05, 4.69) is 28.8 Å². The van der Waals surface area contributed by atoms with E-state index in [4.69, 9.17) is 0 Å². The molecule has 2 heterocycles. The number of likely N-dealkylation sites (tertiary alicyclic amines) is 1. The van der Waals surface area contributed by atoms with Gasteiger partial charge in [0.15, 0.2) is 0 Å². The fraction of sp³-hybridized carbons (Fsp3) is 1.00. The van der Waals surface area contributed by atoms with Crippen LogP contribution in [0.25, 0.3) is 0 Å².